The molecule has 0 radical (unpaired) electrons. The molecular formula is C20H25N5O3. The second-order valence-corrected chi connectivity index (χ2v) is 7.70. The second kappa shape index (κ2) is 7.78. The van der Waals surface area contributed by atoms with E-state index in [2.05, 4.69) is 21.4 Å². The smallest absolute Gasteiger partial charge is 0.251 e. The number of carbonyl (C=O) groups is 1. The van der Waals surface area contributed by atoms with E-state index in [-0.39, 0.29) is 24.2 Å². The monoisotopic (exact) mass is 383 g/mol. The van der Waals surface area contributed by atoms with Crippen molar-refractivity contribution < 1.29 is 14.6 Å². The van der Waals surface area contributed by atoms with Gasteiger partial charge in [0.15, 0.2) is 6.10 Å². The normalized spacial score (nSPS) is 28.1. The van der Waals surface area contributed by atoms with Crippen LogP contribution in [0.3, 0.4) is 0 Å². The Kier molecular flexibility index (Phi) is 5.20. The van der Waals surface area contributed by atoms with Gasteiger partial charge in [0.1, 0.15) is 11.8 Å². The molecule has 0 bridgehead atoms. The standard InChI is InChI=1S/C20H25N5O3/c1-13-11-24(17-7-4-15(10-21)25-18(17)8-9-22-25)12-19(28-13)20(27)23-14-2-5-16(26)6-3-14/h4,7-9,13-14,16,19,26H,2-3,5-6,11-12H2,1H3,(H,23,27)/t13-,14-,16-,19-/m1/s1. The number of morpholine rings is 1. The van der Waals surface area contributed by atoms with Crippen molar-refractivity contribution in [2.24, 2.45) is 0 Å². The fourth-order valence-corrected chi connectivity index (χ4v) is 4.16. The van der Waals surface area contributed by atoms with E-state index in [1.807, 2.05) is 19.1 Å². The van der Waals surface area contributed by atoms with Crippen molar-refractivity contribution in [1.82, 2.24) is 14.9 Å². The van der Waals surface area contributed by atoms with Crippen molar-refractivity contribution in [3.8, 4) is 6.07 Å². The van der Waals surface area contributed by atoms with Gasteiger partial charge >= 0.3 is 0 Å². The van der Waals surface area contributed by atoms with Gasteiger partial charge in [-0.15, -0.1) is 0 Å². The molecule has 28 heavy (non-hydrogen) atoms. The number of ether oxygens (including phenoxy) is 1. The van der Waals surface area contributed by atoms with Crippen LogP contribution in [0.15, 0.2) is 24.4 Å². The number of aliphatic hydroxyl groups excluding tert-OH is 1. The van der Waals surface area contributed by atoms with E-state index < -0.39 is 6.10 Å². The predicted octanol–water partition coefficient (Wildman–Crippen LogP) is 1.22. The van der Waals surface area contributed by atoms with Crippen LogP contribution in [0.2, 0.25) is 0 Å². The number of anilines is 1. The number of hydrogen-bond acceptors (Lipinski definition) is 6. The zero-order valence-electron chi connectivity index (χ0n) is 15.9. The molecule has 2 fully saturated rings. The van der Waals surface area contributed by atoms with Crippen molar-refractivity contribution in [3.05, 3.63) is 30.1 Å². The van der Waals surface area contributed by atoms with Crippen LogP contribution < -0.4 is 10.2 Å². The zero-order valence-corrected chi connectivity index (χ0v) is 15.9. The number of aliphatic hydroxyl groups is 1. The number of nitrogens with zero attached hydrogens (tertiary/aromatic N) is 4. The number of pyridine rings is 1. The third kappa shape index (κ3) is 3.68. The first-order chi connectivity index (χ1) is 13.5. The molecule has 1 aliphatic carbocycles. The first-order valence-corrected chi connectivity index (χ1v) is 9.81. The maximum atomic E-state index is 12.8. The number of aromatic nitrogens is 2. The van der Waals surface area contributed by atoms with Crippen LogP contribution in [0.5, 0.6) is 0 Å². The van der Waals surface area contributed by atoms with Gasteiger partial charge in [-0.1, -0.05) is 0 Å². The van der Waals surface area contributed by atoms with E-state index in [9.17, 15) is 15.2 Å². The average Bonchev–Trinajstić information content (AvgIpc) is 3.18. The summed E-state index contributed by atoms with van der Waals surface area (Å²) in [4.78, 5) is 14.9. The van der Waals surface area contributed by atoms with Gasteiger partial charge in [-0.25, -0.2) is 4.52 Å². The lowest BCUT2D eigenvalue weighted by Gasteiger charge is -2.38. The van der Waals surface area contributed by atoms with Crippen molar-refractivity contribution >= 4 is 17.1 Å². The fourth-order valence-electron chi connectivity index (χ4n) is 4.16. The van der Waals surface area contributed by atoms with Gasteiger partial charge in [-0.05, 0) is 50.8 Å². The van der Waals surface area contributed by atoms with Crippen LogP contribution in [-0.2, 0) is 9.53 Å². The van der Waals surface area contributed by atoms with E-state index in [1.54, 1.807) is 16.8 Å². The molecular weight excluding hydrogens is 358 g/mol. The SMILES string of the molecule is C[C@@H]1CN(c2ccc(C#N)n3nccc23)C[C@H](C(=O)N[C@H]2CC[C@H](O)CC2)O1. The van der Waals surface area contributed by atoms with Crippen LogP contribution in [0, 0.1) is 11.3 Å². The van der Waals surface area contributed by atoms with E-state index >= 15 is 0 Å². The molecule has 2 atom stereocenters. The van der Waals surface area contributed by atoms with E-state index in [4.69, 9.17) is 4.74 Å². The summed E-state index contributed by atoms with van der Waals surface area (Å²) in [5.74, 6) is -0.101. The third-order valence-electron chi connectivity index (χ3n) is 5.58. The summed E-state index contributed by atoms with van der Waals surface area (Å²) in [5, 5.41) is 26.2. The van der Waals surface area contributed by atoms with E-state index in [0.717, 1.165) is 36.9 Å². The summed E-state index contributed by atoms with van der Waals surface area (Å²) in [7, 11) is 0. The lowest BCUT2D eigenvalue weighted by Crippen LogP contribution is -2.54. The summed E-state index contributed by atoms with van der Waals surface area (Å²) in [6.45, 7) is 3.06. The van der Waals surface area contributed by atoms with Gasteiger partial charge in [0.2, 0.25) is 0 Å². The number of nitrogens with one attached hydrogen (secondary N) is 1. The number of hydrogen-bond donors (Lipinski definition) is 2. The van der Waals surface area contributed by atoms with Crippen molar-refractivity contribution in [1.29, 1.82) is 5.26 Å². The summed E-state index contributed by atoms with van der Waals surface area (Å²) >= 11 is 0. The summed E-state index contributed by atoms with van der Waals surface area (Å²) < 4.78 is 7.55. The third-order valence-corrected chi connectivity index (χ3v) is 5.58. The molecule has 2 N–H and O–H groups in total. The maximum absolute atomic E-state index is 12.8. The van der Waals surface area contributed by atoms with Crippen LogP contribution in [0.25, 0.3) is 5.52 Å². The topological polar surface area (TPSA) is 103 Å². The Morgan fingerprint density at radius 3 is 2.82 bits per heavy atom. The highest BCUT2D eigenvalue weighted by atomic mass is 16.5. The molecule has 8 nitrogen and oxygen atoms in total. The van der Waals surface area contributed by atoms with Gasteiger partial charge in [0.05, 0.1) is 36.2 Å². The Labute approximate surface area is 163 Å². The molecule has 2 aliphatic rings. The second-order valence-electron chi connectivity index (χ2n) is 7.70. The van der Waals surface area contributed by atoms with Crippen LogP contribution in [0.1, 0.15) is 38.3 Å². The maximum Gasteiger partial charge on any atom is 0.251 e. The molecule has 1 aliphatic heterocycles. The number of amides is 1. The first-order valence-electron chi connectivity index (χ1n) is 9.81. The van der Waals surface area contributed by atoms with Gasteiger partial charge in [0, 0.05) is 12.6 Å². The number of carbonyl (C=O) groups excluding carboxylic acids is 1. The lowest BCUT2D eigenvalue weighted by molar-refractivity contribution is -0.138. The Morgan fingerprint density at radius 2 is 2.07 bits per heavy atom. The van der Waals surface area contributed by atoms with Crippen molar-refractivity contribution in [3.63, 3.8) is 0 Å². The summed E-state index contributed by atoms with van der Waals surface area (Å²) in [5.41, 5.74) is 2.25. The molecule has 0 spiro atoms. The highest BCUT2D eigenvalue weighted by molar-refractivity contribution is 5.83. The molecule has 2 aromatic heterocycles. The fraction of sp³-hybridized carbons (Fsp3) is 0.550. The largest absolute Gasteiger partial charge is 0.393 e. The number of nitriles is 1. The first kappa shape index (κ1) is 18.7. The summed E-state index contributed by atoms with van der Waals surface area (Å²) in [6, 6.07) is 7.77. The Balaban J connectivity index is 1.50. The molecule has 1 amide bonds. The van der Waals surface area contributed by atoms with Gasteiger partial charge in [-0.2, -0.15) is 10.4 Å². The highest BCUT2D eigenvalue weighted by Crippen LogP contribution is 2.27. The molecule has 148 valence electrons. The lowest BCUT2D eigenvalue weighted by atomic mass is 9.93. The van der Waals surface area contributed by atoms with Gasteiger partial charge < -0.3 is 20.1 Å². The van der Waals surface area contributed by atoms with E-state index in [0.29, 0.717) is 18.8 Å². The van der Waals surface area contributed by atoms with Gasteiger partial charge in [0.25, 0.3) is 5.91 Å². The molecule has 8 heteroatoms. The quantitative estimate of drug-likeness (QED) is 0.826. The molecule has 1 saturated carbocycles. The molecule has 2 aromatic rings. The minimum atomic E-state index is -0.561. The van der Waals surface area contributed by atoms with Gasteiger partial charge in [-0.3, -0.25) is 4.79 Å². The minimum absolute atomic E-state index is 0.0987. The molecule has 1 saturated heterocycles. The number of fused-ring (bicyclic) bond motifs is 1. The van der Waals surface area contributed by atoms with Crippen LogP contribution in [0.4, 0.5) is 5.69 Å². The average molecular weight is 383 g/mol. The van der Waals surface area contributed by atoms with E-state index in [1.165, 1.54) is 0 Å². The number of rotatable bonds is 3. The predicted molar refractivity (Wildman–Crippen MR) is 103 cm³/mol. The van der Waals surface area contributed by atoms with Crippen molar-refractivity contribution in [2.45, 2.75) is 57.0 Å². The zero-order chi connectivity index (χ0) is 19.7. The highest BCUT2D eigenvalue weighted by Gasteiger charge is 2.33. The molecule has 3 heterocycles. The molecule has 0 unspecified atom stereocenters. The Hall–Kier alpha value is -2.63. The summed E-state index contributed by atoms with van der Waals surface area (Å²) in [6.07, 6.45) is 3.81. The van der Waals surface area contributed by atoms with Crippen LogP contribution >= 0.6 is 0 Å². The Morgan fingerprint density at radius 1 is 1.29 bits per heavy atom. The minimum Gasteiger partial charge on any atom is -0.393 e. The van der Waals surface area contributed by atoms with Crippen molar-refractivity contribution in [2.75, 3.05) is 18.0 Å². The Bertz CT molecular complexity index is 897. The molecule has 0 aromatic carbocycles. The molecule has 4 rings (SSSR count). The van der Waals surface area contributed by atoms with Crippen LogP contribution in [-0.4, -0.2) is 58.1 Å².